The maximum Gasteiger partial charge on any atom is 0.322 e. The topological polar surface area (TPSA) is 63.1 Å². The molecule has 0 atom stereocenters. The van der Waals surface area contributed by atoms with Crippen LogP contribution in [0.15, 0.2) is 29.1 Å². The number of urea groups is 1. The van der Waals surface area contributed by atoms with E-state index in [2.05, 4.69) is 21.5 Å². The Hall–Kier alpha value is -2.19. The monoisotopic (exact) mass is 361 g/mol. The summed E-state index contributed by atoms with van der Waals surface area (Å²) in [5.74, 6) is 0. The standard InChI is InChI=1S/C16H19N5OS2/c1-4-21-9-13(11(2)19-21)18-16(22)20(3)8-12-10-24-15(17-12)14-6-5-7-23-14/h5-7,9-10H,4,8H2,1-3H3,(H,18,22). The van der Waals surface area contributed by atoms with Crippen LogP contribution in [-0.2, 0) is 13.1 Å². The van der Waals surface area contributed by atoms with Gasteiger partial charge in [0.05, 0.1) is 28.5 Å². The Morgan fingerprint density at radius 2 is 2.25 bits per heavy atom. The molecule has 0 fully saturated rings. The SMILES string of the molecule is CCn1cc(NC(=O)N(C)Cc2csc(-c3cccs3)n2)c(C)n1. The lowest BCUT2D eigenvalue weighted by Crippen LogP contribution is -2.31. The number of carbonyl (C=O) groups is 1. The number of nitrogens with zero attached hydrogens (tertiary/aromatic N) is 4. The van der Waals surface area contributed by atoms with Gasteiger partial charge in [0.2, 0.25) is 0 Å². The summed E-state index contributed by atoms with van der Waals surface area (Å²) in [6, 6.07) is 3.90. The van der Waals surface area contributed by atoms with Gasteiger partial charge in [-0.3, -0.25) is 4.68 Å². The van der Waals surface area contributed by atoms with Crippen LogP contribution < -0.4 is 5.32 Å². The molecule has 6 nitrogen and oxygen atoms in total. The van der Waals surface area contributed by atoms with Crippen molar-refractivity contribution in [2.24, 2.45) is 0 Å². The average molecular weight is 361 g/mol. The largest absolute Gasteiger partial charge is 0.322 e. The van der Waals surface area contributed by atoms with Gasteiger partial charge in [0.15, 0.2) is 0 Å². The molecule has 0 aliphatic heterocycles. The fourth-order valence-corrected chi connectivity index (χ4v) is 3.85. The molecule has 126 valence electrons. The van der Waals surface area contributed by atoms with Crippen molar-refractivity contribution in [1.82, 2.24) is 19.7 Å². The van der Waals surface area contributed by atoms with Gasteiger partial charge < -0.3 is 10.2 Å². The second-order valence-electron chi connectivity index (χ2n) is 5.39. The highest BCUT2D eigenvalue weighted by molar-refractivity contribution is 7.20. The van der Waals surface area contributed by atoms with Gasteiger partial charge in [0.1, 0.15) is 5.01 Å². The molecule has 0 radical (unpaired) electrons. The van der Waals surface area contributed by atoms with Crippen molar-refractivity contribution < 1.29 is 4.79 Å². The van der Waals surface area contributed by atoms with Crippen molar-refractivity contribution in [1.29, 1.82) is 0 Å². The van der Waals surface area contributed by atoms with Crippen LogP contribution >= 0.6 is 22.7 Å². The van der Waals surface area contributed by atoms with E-state index in [1.54, 1.807) is 39.3 Å². The lowest BCUT2D eigenvalue weighted by atomic mass is 10.4. The molecule has 1 N–H and O–H groups in total. The van der Waals surface area contributed by atoms with Crippen molar-refractivity contribution in [2.75, 3.05) is 12.4 Å². The summed E-state index contributed by atoms with van der Waals surface area (Å²) in [6.45, 7) is 5.14. The molecule has 3 rings (SSSR count). The number of rotatable bonds is 5. The summed E-state index contributed by atoms with van der Waals surface area (Å²) < 4.78 is 1.80. The van der Waals surface area contributed by atoms with Crippen molar-refractivity contribution in [3.63, 3.8) is 0 Å². The van der Waals surface area contributed by atoms with E-state index >= 15 is 0 Å². The lowest BCUT2D eigenvalue weighted by molar-refractivity contribution is 0.220. The minimum absolute atomic E-state index is 0.167. The van der Waals surface area contributed by atoms with Gasteiger partial charge in [-0.25, -0.2) is 9.78 Å². The van der Waals surface area contributed by atoms with Gasteiger partial charge in [-0.2, -0.15) is 5.10 Å². The van der Waals surface area contributed by atoms with Gasteiger partial charge >= 0.3 is 6.03 Å². The molecule has 0 saturated carbocycles. The van der Waals surface area contributed by atoms with E-state index in [0.29, 0.717) is 6.54 Å². The molecular formula is C16H19N5OS2. The number of thiophene rings is 1. The zero-order valence-electron chi connectivity index (χ0n) is 13.8. The first-order valence-electron chi connectivity index (χ1n) is 7.61. The third-order valence-electron chi connectivity index (χ3n) is 3.54. The number of thiazole rings is 1. The van der Waals surface area contributed by atoms with Crippen LogP contribution in [0, 0.1) is 6.92 Å². The number of aryl methyl sites for hydroxylation is 2. The summed E-state index contributed by atoms with van der Waals surface area (Å²) in [5, 5.41) is 12.3. The van der Waals surface area contributed by atoms with Crippen LogP contribution in [0.1, 0.15) is 18.3 Å². The van der Waals surface area contributed by atoms with Gasteiger partial charge in [0, 0.05) is 25.2 Å². The lowest BCUT2D eigenvalue weighted by Gasteiger charge is -2.16. The minimum atomic E-state index is -0.167. The summed E-state index contributed by atoms with van der Waals surface area (Å²) in [6.07, 6.45) is 1.85. The van der Waals surface area contributed by atoms with Crippen LogP contribution in [-0.4, -0.2) is 32.7 Å². The Morgan fingerprint density at radius 1 is 1.42 bits per heavy atom. The van der Waals surface area contributed by atoms with E-state index in [4.69, 9.17) is 0 Å². The molecule has 3 aromatic rings. The molecule has 0 aromatic carbocycles. The molecule has 0 saturated heterocycles. The number of nitrogens with one attached hydrogen (secondary N) is 1. The Bertz CT molecular complexity index is 822. The molecule has 0 aliphatic carbocycles. The number of carbonyl (C=O) groups excluding carboxylic acids is 1. The van der Waals surface area contributed by atoms with Gasteiger partial charge in [-0.1, -0.05) is 6.07 Å². The Labute approximate surface area is 148 Å². The third-order valence-corrected chi connectivity index (χ3v) is 5.47. The zero-order valence-corrected chi connectivity index (χ0v) is 15.4. The summed E-state index contributed by atoms with van der Waals surface area (Å²) in [5.41, 5.74) is 2.44. The summed E-state index contributed by atoms with van der Waals surface area (Å²) in [7, 11) is 1.76. The van der Waals surface area contributed by atoms with Crippen LogP contribution in [0.2, 0.25) is 0 Å². The quantitative estimate of drug-likeness (QED) is 0.745. The van der Waals surface area contributed by atoms with Crippen molar-refractivity contribution in [2.45, 2.75) is 26.9 Å². The second-order valence-corrected chi connectivity index (χ2v) is 7.20. The summed E-state index contributed by atoms with van der Waals surface area (Å²) in [4.78, 5) is 19.7. The van der Waals surface area contributed by atoms with E-state index in [9.17, 15) is 4.79 Å². The van der Waals surface area contributed by atoms with E-state index < -0.39 is 0 Å². The fraction of sp³-hybridized carbons (Fsp3) is 0.312. The zero-order chi connectivity index (χ0) is 17.1. The molecule has 3 aromatic heterocycles. The van der Waals surface area contributed by atoms with Gasteiger partial charge in [0.25, 0.3) is 0 Å². The van der Waals surface area contributed by atoms with Crippen LogP contribution in [0.3, 0.4) is 0 Å². The average Bonchev–Trinajstić information content (AvgIpc) is 3.28. The number of amides is 2. The molecule has 0 unspecified atom stereocenters. The number of anilines is 1. The third kappa shape index (κ3) is 3.65. The maximum atomic E-state index is 12.4. The highest BCUT2D eigenvalue weighted by Crippen LogP contribution is 2.28. The van der Waals surface area contributed by atoms with E-state index in [-0.39, 0.29) is 6.03 Å². The Balaban J connectivity index is 1.63. The van der Waals surface area contributed by atoms with Gasteiger partial charge in [-0.15, -0.1) is 22.7 Å². The molecule has 0 spiro atoms. The molecule has 0 bridgehead atoms. The highest BCUT2D eigenvalue weighted by atomic mass is 32.1. The van der Waals surface area contributed by atoms with Gasteiger partial charge in [-0.05, 0) is 25.3 Å². The molecule has 3 heterocycles. The highest BCUT2D eigenvalue weighted by Gasteiger charge is 2.14. The number of hydrogen-bond acceptors (Lipinski definition) is 5. The molecule has 8 heteroatoms. The first-order chi connectivity index (χ1) is 11.6. The van der Waals surface area contributed by atoms with E-state index in [0.717, 1.165) is 33.5 Å². The molecule has 2 amide bonds. The smallest absolute Gasteiger partial charge is 0.322 e. The minimum Gasteiger partial charge on any atom is -0.322 e. The predicted octanol–water partition coefficient (Wildman–Crippen LogP) is 4.06. The Morgan fingerprint density at radius 3 is 2.92 bits per heavy atom. The number of aromatic nitrogens is 3. The molecule has 24 heavy (non-hydrogen) atoms. The molecular weight excluding hydrogens is 342 g/mol. The fourth-order valence-electron chi connectivity index (χ4n) is 2.22. The van der Waals surface area contributed by atoms with Crippen molar-refractivity contribution in [3.8, 4) is 9.88 Å². The van der Waals surface area contributed by atoms with Crippen LogP contribution in [0.5, 0.6) is 0 Å². The van der Waals surface area contributed by atoms with E-state index in [1.807, 2.05) is 36.9 Å². The molecule has 0 aliphatic rings. The van der Waals surface area contributed by atoms with E-state index in [1.165, 1.54) is 0 Å². The Kier molecular flexibility index (Phi) is 4.96. The first kappa shape index (κ1) is 16.7. The number of hydrogen-bond donors (Lipinski definition) is 1. The normalized spacial score (nSPS) is 10.8. The van der Waals surface area contributed by atoms with Crippen LogP contribution in [0.4, 0.5) is 10.5 Å². The predicted molar refractivity (Wildman–Crippen MR) is 98.6 cm³/mol. The van der Waals surface area contributed by atoms with Crippen molar-refractivity contribution >= 4 is 34.4 Å². The van der Waals surface area contributed by atoms with Crippen molar-refractivity contribution in [3.05, 3.63) is 40.5 Å². The second kappa shape index (κ2) is 7.14. The van der Waals surface area contributed by atoms with Crippen LogP contribution in [0.25, 0.3) is 9.88 Å². The first-order valence-corrected chi connectivity index (χ1v) is 9.37. The maximum absolute atomic E-state index is 12.4. The summed E-state index contributed by atoms with van der Waals surface area (Å²) >= 11 is 3.27.